The number of methoxy groups -OCH3 is 1. The summed E-state index contributed by atoms with van der Waals surface area (Å²) in [6, 6.07) is 14.8. The summed E-state index contributed by atoms with van der Waals surface area (Å²) < 4.78 is 5.18. The van der Waals surface area contributed by atoms with Gasteiger partial charge in [0.25, 0.3) is 5.91 Å². The summed E-state index contributed by atoms with van der Waals surface area (Å²) in [5, 5.41) is 2.84. The second-order valence-corrected chi connectivity index (χ2v) is 5.31. The molecule has 0 aromatic heterocycles. The Labute approximate surface area is 134 Å². The molecule has 2 amide bonds. The van der Waals surface area contributed by atoms with Crippen LogP contribution in [-0.4, -0.2) is 32.0 Å². The van der Waals surface area contributed by atoms with Crippen molar-refractivity contribution in [3.05, 3.63) is 59.7 Å². The van der Waals surface area contributed by atoms with E-state index >= 15 is 0 Å². The first-order valence-electron chi connectivity index (χ1n) is 7.50. The molecule has 0 fully saturated rings. The van der Waals surface area contributed by atoms with Gasteiger partial charge in [-0.2, -0.15) is 0 Å². The summed E-state index contributed by atoms with van der Waals surface area (Å²) in [6.45, 7) is 0.841. The van der Waals surface area contributed by atoms with E-state index in [2.05, 4.69) is 5.32 Å². The van der Waals surface area contributed by atoms with Crippen molar-refractivity contribution in [1.82, 2.24) is 5.32 Å². The van der Waals surface area contributed by atoms with Gasteiger partial charge in [-0.05, 0) is 23.8 Å². The molecule has 0 radical (unpaired) electrons. The molecule has 1 heterocycles. The SMILES string of the molecule is COc1ccccc1C(=O)NCCN1C(=O)Cc2ccccc21. The number of nitrogens with zero attached hydrogens (tertiary/aromatic N) is 1. The van der Waals surface area contributed by atoms with Crippen LogP contribution < -0.4 is 15.0 Å². The van der Waals surface area contributed by atoms with E-state index in [4.69, 9.17) is 4.74 Å². The third-order valence-electron chi connectivity index (χ3n) is 3.90. The van der Waals surface area contributed by atoms with E-state index in [0.29, 0.717) is 30.8 Å². The number of fused-ring (bicyclic) bond motifs is 1. The third kappa shape index (κ3) is 3.04. The van der Waals surface area contributed by atoms with E-state index in [1.165, 1.54) is 7.11 Å². The Balaban J connectivity index is 1.62. The number of ether oxygens (including phenoxy) is 1. The average molecular weight is 310 g/mol. The zero-order valence-corrected chi connectivity index (χ0v) is 12.9. The number of carbonyl (C=O) groups is 2. The van der Waals surface area contributed by atoms with E-state index in [1.807, 2.05) is 30.3 Å². The van der Waals surface area contributed by atoms with Gasteiger partial charge in [0.2, 0.25) is 5.91 Å². The Morgan fingerprint density at radius 3 is 2.74 bits per heavy atom. The van der Waals surface area contributed by atoms with Gasteiger partial charge >= 0.3 is 0 Å². The Bertz CT molecular complexity index is 743. The number of hydrogen-bond donors (Lipinski definition) is 1. The lowest BCUT2D eigenvalue weighted by Gasteiger charge is -2.18. The van der Waals surface area contributed by atoms with Crippen molar-refractivity contribution in [1.29, 1.82) is 0 Å². The summed E-state index contributed by atoms with van der Waals surface area (Å²) in [5.74, 6) is 0.396. The predicted molar refractivity (Wildman–Crippen MR) is 87.8 cm³/mol. The number of anilines is 1. The number of rotatable bonds is 5. The molecule has 0 unspecified atom stereocenters. The molecule has 2 aromatic carbocycles. The summed E-state index contributed by atoms with van der Waals surface area (Å²) in [7, 11) is 1.53. The van der Waals surface area contributed by atoms with E-state index in [9.17, 15) is 9.59 Å². The molecule has 0 bridgehead atoms. The zero-order valence-electron chi connectivity index (χ0n) is 12.9. The van der Waals surface area contributed by atoms with Crippen molar-refractivity contribution in [3.8, 4) is 5.75 Å². The largest absolute Gasteiger partial charge is 0.496 e. The molecular formula is C18H18N2O3. The summed E-state index contributed by atoms with van der Waals surface area (Å²) >= 11 is 0. The van der Waals surface area contributed by atoms with Crippen molar-refractivity contribution in [2.45, 2.75) is 6.42 Å². The first-order valence-corrected chi connectivity index (χ1v) is 7.50. The minimum absolute atomic E-state index is 0.0674. The topological polar surface area (TPSA) is 58.6 Å². The third-order valence-corrected chi connectivity index (χ3v) is 3.90. The number of nitrogens with one attached hydrogen (secondary N) is 1. The lowest BCUT2D eigenvalue weighted by Crippen LogP contribution is -2.36. The smallest absolute Gasteiger partial charge is 0.255 e. The standard InChI is InChI=1S/C18H18N2O3/c1-23-16-9-5-3-7-14(16)18(22)19-10-11-20-15-8-4-2-6-13(15)12-17(20)21/h2-9H,10-12H2,1H3,(H,19,22). The fraction of sp³-hybridized carbons (Fsp3) is 0.222. The minimum Gasteiger partial charge on any atom is -0.496 e. The molecule has 5 heteroatoms. The van der Waals surface area contributed by atoms with Gasteiger partial charge in [-0.15, -0.1) is 0 Å². The summed E-state index contributed by atoms with van der Waals surface area (Å²) in [6.07, 6.45) is 0.427. The monoisotopic (exact) mass is 310 g/mol. The van der Waals surface area contributed by atoms with Crippen LogP contribution in [0.4, 0.5) is 5.69 Å². The van der Waals surface area contributed by atoms with Crippen LogP contribution in [0, 0.1) is 0 Å². The van der Waals surface area contributed by atoms with Crippen molar-refractivity contribution in [2.75, 3.05) is 25.1 Å². The molecule has 0 aliphatic carbocycles. The van der Waals surface area contributed by atoms with E-state index in [0.717, 1.165) is 11.3 Å². The van der Waals surface area contributed by atoms with Crippen molar-refractivity contribution >= 4 is 17.5 Å². The van der Waals surface area contributed by atoms with E-state index in [-0.39, 0.29) is 11.8 Å². The van der Waals surface area contributed by atoms with E-state index < -0.39 is 0 Å². The molecule has 1 aliphatic rings. The van der Waals surface area contributed by atoms with Crippen LogP contribution in [-0.2, 0) is 11.2 Å². The number of amides is 2. The highest BCUT2D eigenvalue weighted by atomic mass is 16.5. The Hall–Kier alpha value is -2.82. The fourth-order valence-corrected chi connectivity index (χ4v) is 2.77. The number of para-hydroxylation sites is 2. The highest BCUT2D eigenvalue weighted by Crippen LogP contribution is 2.27. The normalized spacial score (nSPS) is 12.9. The van der Waals surface area contributed by atoms with Gasteiger partial charge in [0.1, 0.15) is 5.75 Å². The summed E-state index contributed by atoms with van der Waals surface area (Å²) in [5.41, 5.74) is 2.46. The summed E-state index contributed by atoms with van der Waals surface area (Å²) in [4.78, 5) is 26.0. The maximum atomic E-state index is 12.2. The van der Waals surface area contributed by atoms with Crippen LogP contribution in [0.25, 0.3) is 0 Å². The van der Waals surface area contributed by atoms with E-state index in [1.54, 1.807) is 23.1 Å². The van der Waals surface area contributed by atoms with Gasteiger partial charge in [0.05, 0.1) is 19.1 Å². The molecule has 0 saturated carbocycles. The first-order chi connectivity index (χ1) is 11.2. The number of hydrogen-bond acceptors (Lipinski definition) is 3. The van der Waals surface area contributed by atoms with Crippen LogP contribution in [0.2, 0.25) is 0 Å². The highest BCUT2D eigenvalue weighted by Gasteiger charge is 2.26. The Morgan fingerprint density at radius 1 is 1.17 bits per heavy atom. The van der Waals surface area contributed by atoms with Gasteiger partial charge in [0.15, 0.2) is 0 Å². The van der Waals surface area contributed by atoms with Gasteiger partial charge in [-0.1, -0.05) is 30.3 Å². The molecular weight excluding hydrogens is 292 g/mol. The molecule has 0 atom stereocenters. The molecule has 118 valence electrons. The second kappa shape index (κ2) is 6.52. The quantitative estimate of drug-likeness (QED) is 0.919. The van der Waals surface area contributed by atoms with Crippen LogP contribution in [0.15, 0.2) is 48.5 Å². The van der Waals surface area contributed by atoms with Crippen LogP contribution >= 0.6 is 0 Å². The molecule has 0 saturated heterocycles. The lowest BCUT2D eigenvalue weighted by molar-refractivity contribution is -0.117. The molecule has 1 aliphatic heterocycles. The number of benzene rings is 2. The minimum atomic E-state index is -0.206. The Morgan fingerprint density at radius 2 is 1.91 bits per heavy atom. The van der Waals surface area contributed by atoms with Gasteiger partial charge < -0.3 is 15.0 Å². The molecule has 5 nitrogen and oxygen atoms in total. The second-order valence-electron chi connectivity index (χ2n) is 5.31. The molecule has 3 rings (SSSR count). The maximum absolute atomic E-state index is 12.2. The van der Waals surface area contributed by atoms with Gasteiger partial charge in [0, 0.05) is 18.8 Å². The first kappa shape index (κ1) is 15.1. The van der Waals surface area contributed by atoms with Crippen LogP contribution in [0.1, 0.15) is 15.9 Å². The molecule has 1 N–H and O–H groups in total. The van der Waals surface area contributed by atoms with Crippen molar-refractivity contribution < 1.29 is 14.3 Å². The molecule has 0 spiro atoms. The van der Waals surface area contributed by atoms with Crippen molar-refractivity contribution in [3.63, 3.8) is 0 Å². The lowest BCUT2D eigenvalue weighted by atomic mass is 10.2. The maximum Gasteiger partial charge on any atom is 0.255 e. The highest BCUT2D eigenvalue weighted by molar-refractivity contribution is 6.01. The van der Waals surface area contributed by atoms with Crippen LogP contribution in [0.3, 0.4) is 0 Å². The van der Waals surface area contributed by atoms with Gasteiger partial charge in [-0.25, -0.2) is 0 Å². The zero-order chi connectivity index (χ0) is 16.2. The van der Waals surface area contributed by atoms with Crippen molar-refractivity contribution in [2.24, 2.45) is 0 Å². The van der Waals surface area contributed by atoms with Crippen LogP contribution in [0.5, 0.6) is 5.75 Å². The number of carbonyl (C=O) groups excluding carboxylic acids is 2. The average Bonchev–Trinajstić information content (AvgIpc) is 2.90. The predicted octanol–water partition coefficient (Wildman–Crippen LogP) is 2.01. The van der Waals surface area contributed by atoms with Gasteiger partial charge in [-0.3, -0.25) is 9.59 Å². The molecule has 23 heavy (non-hydrogen) atoms. The Kier molecular flexibility index (Phi) is 4.28. The fourth-order valence-electron chi connectivity index (χ4n) is 2.77. The molecule has 2 aromatic rings.